The number of nitrogens with zero attached hydrogens (tertiary/aromatic N) is 5. The van der Waals surface area contributed by atoms with E-state index in [0.717, 1.165) is 50.1 Å². The highest BCUT2D eigenvalue weighted by atomic mass is 35.5. The number of halogens is 1. The molecule has 0 aromatic carbocycles. The monoisotopic (exact) mass is 401 g/mol. The summed E-state index contributed by atoms with van der Waals surface area (Å²) in [6, 6.07) is 2.53. The van der Waals surface area contributed by atoms with Gasteiger partial charge in [0.25, 0.3) is 0 Å². The Labute approximate surface area is 169 Å². The molecule has 3 aliphatic rings. The summed E-state index contributed by atoms with van der Waals surface area (Å²) in [5, 5.41) is 4.93. The Kier molecular flexibility index (Phi) is 4.72. The van der Waals surface area contributed by atoms with Gasteiger partial charge in [0.05, 0.1) is 54.1 Å². The van der Waals surface area contributed by atoms with Crippen molar-refractivity contribution >= 4 is 23.2 Å². The average molecular weight is 402 g/mol. The predicted octanol–water partition coefficient (Wildman–Crippen LogP) is 2.53. The van der Waals surface area contributed by atoms with E-state index in [1.54, 1.807) is 23.3 Å². The summed E-state index contributed by atoms with van der Waals surface area (Å²) in [6.07, 6.45) is 11.0. The van der Waals surface area contributed by atoms with Crippen molar-refractivity contribution in [3.05, 3.63) is 35.9 Å². The summed E-state index contributed by atoms with van der Waals surface area (Å²) in [7, 11) is 0. The van der Waals surface area contributed by atoms with Crippen molar-refractivity contribution < 1.29 is 9.53 Å². The van der Waals surface area contributed by atoms with E-state index < -0.39 is 0 Å². The molecule has 0 N–H and O–H groups in total. The van der Waals surface area contributed by atoms with Crippen LogP contribution in [0, 0.1) is 5.92 Å². The Morgan fingerprint density at radius 3 is 2.50 bits per heavy atom. The molecule has 1 amide bonds. The quantitative estimate of drug-likeness (QED) is 0.790. The number of rotatable bonds is 3. The van der Waals surface area contributed by atoms with E-state index in [1.807, 2.05) is 12.3 Å². The highest BCUT2D eigenvalue weighted by Gasteiger charge is 2.43. The van der Waals surface area contributed by atoms with Gasteiger partial charge in [-0.25, -0.2) is 4.68 Å². The van der Waals surface area contributed by atoms with Crippen LogP contribution in [0.1, 0.15) is 25.7 Å². The number of morpholine rings is 1. The van der Waals surface area contributed by atoms with Gasteiger partial charge in [-0.2, -0.15) is 5.10 Å². The molecule has 0 radical (unpaired) electrons. The van der Waals surface area contributed by atoms with Gasteiger partial charge in [-0.15, -0.1) is 0 Å². The van der Waals surface area contributed by atoms with E-state index in [-0.39, 0.29) is 5.92 Å². The summed E-state index contributed by atoms with van der Waals surface area (Å²) in [5.74, 6) is 0.442. The maximum atomic E-state index is 13.2. The number of ether oxygens (including phenoxy) is 1. The zero-order chi connectivity index (χ0) is 19.1. The molecule has 0 spiro atoms. The molecule has 2 aromatic rings. The number of pyridine rings is 1. The van der Waals surface area contributed by atoms with Crippen LogP contribution in [0.2, 0.25) is 5.02 Å². The predicted molar refractivity (Wildman–Crippen MR) is 106 cm³/mol. The van der Waals surface area contributed by atoms with E-state index >= 15 is 0 Å². The molecule has 2 aromatic heterocycles. The third kappa shape index (κ3) is 3.16. The van der Waals surface area contributed by atoms with E-state index in [4.69, 9.17) is 16.3 Å². The third-order valence-electron chi connectivity index (χ3n) is 6.26. The zero-order valence-corrected chi connectivity index (χ0v) is 16.5. The van der Waals surface area contributed by atoms with Gasteiger partial charge in [-0.1, -0.05) is 11.6 Å². The van der Waals surface area contributed by atoms with Gasteiger partial charge in [0.2, 0.25) is 5.91 Å². The second-order valence-corrected chi connectivity index (χ2v) is 8.33. The fourth-order valence-electron chi connectivity index (χ4n) is 4.82. The summed E-state index contributed by atoms with van der Waals surface area (Å²) >= 11 is 6.04. The van der Waals surface area contributed by atoms with E-state index in [2.05, 4.69) is 19.9 Å². The van der Waals surface area contributed by atoms with Gasteiger partial charge in [0.1, 0.15) is 0 Å². The van der Waals surface area contributed by atoms with Crippen LogP contribution < -0.4 is 4.90 Å². The Morgan fingerprint density at radius 2 is 1.82 bits per heavy atom. The van der Waals surface area contributed by atoms with Crippen molar-refractivity contribution in [2.24, 2.45) is 5.92 Å². The molecule has 2 atom stereocenters. The van der Waals surface area contributed by atoms with Gasteiger partial charge >= 0.3 is 0 Å². The van der Waals surface area contributed by atoms with Crippen LogP contribution in [0.15, 0.2) is 30.9 Å². The Balaban J connectivity index is 1.29. The first-order valence-electron chi connectivity index (χ1n) is 10.00. The number of anilines is 1. The molecule has 3 aliphatic heterocycles. The zero-order valence-electron chi connectivity index (χ0n) is 15.7. The van der Waals surface area contributed by atoms with Crippen molar-refractivity contribution in [2.75, 3.05) is 31.2 Å². The number of piperidine rings is 1. The van der Waals surface area contributed by atoms with Crippen molar-refractivity contribution in [3.8, 4) is 5.69 Å². The first-order valence-corrected chi connectivity index (χ1v) is 10.4. The molecule has 2 bridgehead atoms. The first-order chi connectivity index (χ1) is 13.7. The summed E-state index contributed by atoms with van der Waals surface area (Å²) in [5.41, 5.74) is 1.98. The molecule has 28 heavy (non-hydrogen) atoms. The van der Waals surface area contributed by atoms with Gasteiger partial charge < -0.3 is 14.5 Å². The molecule has 3 fully saturated rings. The summed E-state index contributed by atoms with van der Waals surface area (Å²) in [4.78, 5) is 21.9. The van der Waals surface area contributed by atoms with Crippen LogP contribution in [0.5, 0.6) is 0 Å². The smallest absolute Gasteiger partial charge is 0.226 e. The number of hydrogen-bond donors (Lipinski definition) is 0. The Morgan fingerprint density at radius 1 is 1.07 bits per heavy atom. The highest BCUT2D eigenvalue weighted by Crippen LogP contribution is 2.34. The fraction of sp³-hybridized carbons (Fsp3) is 0.550. The lowest BCUT2D eigenvalue weighted by atomic mass is 9.94. The average Bonchev–Trinajstić information content (AvgIpc) is 3.27. The minimum Gasteiger partial charge on any atom is -0.377 e. The fourth-order valence-corrected chi connectivity index (χ4v) is 4.95. The molecule has 5 heterocycles. The largest absolute Gasteiger partial charge is 0.377 e. The molecule has 0 aliphatic carbocycles. The maximum absolute atomic E-state index is 13.2. The summed E-state index contributed by atoms with van der Waals surface area (Å²) in [6.45, 7) is 3.08. The summed E-state index contributed by atoms with van der Waals surface area (Å²) < 4.78 is 7.41. The lowest BCUT2D eigenvalue weighted by Gasteiger charge is -2.40. The van der Waals surface area contributed by atoms with Crippen LogP contribution in [-0.2, 0) is 9.53 Å². The van der Waals surface area contributed by atoms with Crippen LogP contribution in [-0.4, -0.2) is 64.0 Å². The molecule has 2 unspecified atom stereocenters. The Bertz CT molecular complexity index is 848. The standard InChI is InChI=1S/C20H24ClN5O2/c21-15-9-23-25(11-15)18-3-6-22-10-19(18)24-7-4-14(5-8-24)20(27)26-16-1-2-17(26)13-28-12-16/h3,6,9-11,14,16-17H,1-2,4-5,7-8,12-13H2. The van der Waals surface area contributed by atoms with Crippen molar-refractivity contribution in [1.29, 1.82) is 0 Å². The SMILES string of the molecule is O=C(C1CCN(c2cnccc2-n2cc(Cl)cn2)CC1)N1C2CCC1COC2. The van der Waals surface area contributed by atoms with Gasteiger partial charge in [0.15, 0.2) is 0 Å². The molecule has 8 heteroatoms. The molecule has 5 rings (SSSR count). The number of aromatic nitrogens is 3. The van der Waals surface area contributed by atoms with Crippen molar-refractivity contribution in [2.45, 2.75) is 37.8 Å². The second-order valence-electron chi connectivity index (χ2n) is 7.90. The third-order valence-corrected chi connectivity index (χ3v) is 6.45. The van der Waals surface area contributed by atoms with E-state index in [1.165, 1.54) is 0 Å². The van der Waals surface area contributed by atoms with E-state index in [0.29, 0.717) is 36.2 Å². The van der Waals surface area contributed by atoms with Crippen LogP contribution in [0.4, 0.5) is 5.69 Å². The molecular formula is C20H24ClN5O2. The number of amides is 1. The Hall–Kier alpha value is -2.12. The van der Waals surface area contributed by atoms with Crippen molar-refractivity contribution in [1.82, 2.24) is 19.7 Å². The molecular weight excluding hydrogens is 378 g/mol. The van der Waals surface area contributed by atoms with Gasteiger partial charge in [0, 0.05) is 31.4 Å². The van der Waals surface area contributed by atoms with Crippen LogP contribution in [0.25, 0.3) is 5.69 Å². The maximum Gasteiger partial charge on any atom is 0.226 e. The lowest BCUT2D eigenvalue weighted by Crippen LogP contribution is -2.52. The number of fused-ring (bicyclic) bond motifs is 2. The minimum atomic E-state index is 0.108. The molecule has 148 valence electrons. The minimum absolute atomic E-state index is 0.108. The molecule has 7 nitrogen and oxygen atoms in total. The first kappa shape index (κ1) is 17.9. The second kappa shape index (κ2) is 7.37. The number of carbonyl (C=O) groups excluding carboxylic acids is 1. The molecule has 0 saturated carbocycles. The lowest BCUT2D eigenvalue weighted by molar-refractivity contribution is -0.146. The van der Waals surface area contributed by atoms with Crippen molar-refractivity contribution in [3.63, 3.8) is 0 Å². The highest BCUT2D eigenvalue weighted by molar-refractivity contribution is 6.30. The number of carbonyl (C=O) groups is 1. The normalized spacial score (nSPS) is 25.3. The van der Waals surface area contributed by atoms with Gasteiger partial charge in [-0.05, 0) is 31.7 Å². The topological polar surface area (TPSA) is 63.5 Å². The van der Waals surface area contributed by atoms with Crippen LogP contribution in [0.3, 0.4) is 0 Å². The van der Waals surface area contributed by atoms with E-state index in [9.17, 15) is 4.79 Å². The number of hydrogen-bond acceptors (Lipinski definition) is 5. The van der Waals surface area contributed by atoms with Gasteiger partial charge in [-0.3, -0.25) is 9.78 Å². The molecule has 3 saturated heterocycles. The van der Waals surface area contributed by atoms with Crippen LogP contribution >= 0.6 is 11.6 Å².